The van der Waals surface area contributed by atoms with E-state index in [1.165, 1.54) is 0 Å². The molecule has 1 aromatic carbocycles. The number of nitrogens with one attached hydrogen (secondary N) is 2. The van der Waals surface area contributed by atoms with Crippen molar-refractivity contribution in [2.75, 3.05) is 19.6 Å². The molecule has 0 aliphatic heterocycles. The van der Waals surface area contributed by atoms with Crippen molar-refractivity contribution in [3.63, 3.8) is 0 Å². The normalized spacial score (nSPS) is 12.9. The number of hydrogen-bond acceptors (Lipinski definition) is 3. The van der Waals surface area contributed by atoms with Gasteiger partial charge in [0.1, 0.15) is 0 Å². The van der Waals surface area contributed by atoms with Crippen LogP contribution in [-0.4, -0.2) is 41.9 Å². The van der Waals surface area contributed by atoms with E-state index in [1.807, 2.05) is 62.9 Å². The predicted octanol–water partition coefficient (Wildman–Crippen LogP) is 3.13. The minimum Gasteiger partial charge on any atom is -0.350 e. The Morgan fingerprint density at radius 3 is 2.12 bits per heavy atom. The van der Waals surface area contributed by atoms with Crippen molar-refractivity contribution in [1.82, 2.24) is 15.5 Å². The van der Waals surface area contributed by atoms with Gasteiger partial charge in [-0.2, -0.15) is 0 Å². The summed E-state index contributed by atoms with van der Waals surface area (Å²) in [4.78, 5) is 26.5. The molecular formula is C21H35N3O2. The summed E-state index contributed by atoms with van der Waals surface area (Å²) < 4.78 is 0. The summed E-state index contributed by atoms with van der Waals surface area (Å²) in [5.74, 6) is 0.360. The minimum atomic E-state index is -0.269. The lowest BCUT2D eigenvalue weighted by Gasteiger charge is -2.26. The van der Waals surface area contributed by atoms with Gasteiger partial charge < -0.3 is 10.6 Å². The van der Waals surface area contributed by atoms with Crippen LogP contribution in [-0.2, 0) is 9.59 Å². The van der Waals surface area contributed by atoms with E-state index in [0.717, 1.165) is 12.0 Å². The van der Waals surface area contributed by atoms with Gasteiger partial charge in [0, 0.05) is 5.54 Å². The lowest BCUT2D eigenvalue weighted by molar-refractivity contribution is -0.126. The van der Waals surface area contributed by atoms with Crippen LogP contribution in [0.3, 0.4) is 0 Å². The summed E-state index contributed by atoms with van der Waals surface area (Å²) >= 11 is 0. The highest BCUT2D eigenvalue weighted by atomic mass is 16.2. The average molecular weight is 362 g/mol. The molecule has 0 aliphatic carbocycles. The van der Waals surface area contributed by atoms with Crippen LogP contribution < -0.4 is 10.6 Å². The van der Waals surface area contributed by atoms with Crippen LogP contribution >= 0.6 is 0 Å². The Bertz CT molecular complexity index is 564. The zero-order valence-corrected chi connectivity index (χ0v) is 17.1. The third-order valence-electron chi connectivity index (χ3n) is 3.94. The summed E-state index contributed by atoms with van der Waals surface area (Å²) in [5.41, 5.74) is 0.845. The topological polar surface area (TPSA) is 61.4 Å². The summed E-state index contributed by atoms with van der Waals surface area (Å²) in [7, 11) is 0. The van der Waals surface area contributed by atoms with Gasteiger partial charge in [-0.25, -0.2) is 0 Å². The van der Waals surface area contributed by atoms with E-state index in [-0.39, 0.29) is 36.5 Å². The first-order chi connectivity index (χ1) is 12.1. The summed E-state index contributed by atoms with van der Waals surface area (Å²) in [6, 6.07) is 10.0. The Kier molecular flexibility index (Phi) is 8.79. The third-order valence-corrected chi connectivity index (χ3v) is 3.94. The second-order valence-corrected chi connectivity index (χ2v) is 8.26. The first kappa shape index (κ1) is 22.2. The highest BCUT2D eigenvalue weighted by Gasteiger charge is 2.20. The summed E-state index contributed by atoms with van der Waals surface area (Å²) in [5, 5.41) is 6.08. The fourth-order valence-corrected chi connectivity index (χ4v) is 2.82. The van der Waals surface area contributed by atoms with Gasteiger partial charge in [-0.15, -0.1) is 0 Å². The fraction of sp³-hybridized carbons (Fsp3) is 0.619. The van der Waals surface area contributed by atoms with Crippen LogP contribution in [0.5, 0.6) is 0 Å². The molecule has 0 spiro atoms. The molecule has 0 saturated carbocycles. The van der Waals surface area contributed by atoms with Crippen LogP contribution in [0.15, 0.2) is 30.3 Å². The number of carbonyl (C=O) groups excluding carboxylic acids is 2. The van der Waals surface area contributed by atoms with Crippen molar-refractivity contribution >= 4 is 11.8 Å². The van der Waals surface area contributed by atoms with Crippen molar-refractivity contribution in [2.24, 2.45) is 5.92 Å². The number of amides is 2. The lowest BCUT2D eigenvalue weighted by Crippen LogP contribution is -2.48. The number of carbonyl (C=O) groups is 2. The molecule has 146 valence electrons. The van der Waals surface area contributed by atoms with Gasteiger partial charge in [-0.05, 0) is 45.2 Å². The van der Waals surface area contributed by atoms with Gasteiger partial charge in [0.05, 0.1) is 19.1 Å². The maximum atomic E-state index is 12.6. The number of rotatable bonds is 9. The predicted molar refractivity (Wildman–Crippen MR) is 107 cm³/mol. The highest BCUT2D eigenvalue weighted by Crippen LogP contribution is 2.20. The molecular weight excluding hydrogens is 326 g/mol. The molecule has 0 fully saturated rings. The fourth-order valence-electron chi connectivity index (χ4n) is 2.82. The minimum absolute atomic E-state index is 0.00851. The molecule has 0 bridgehead atoms. The number of benzene rings is 1. The van der Waals surface area contributed by atoms with Crippen molar-refractivity contribution in [1.29, 1.82) is 0 Å². The Balaban J connectivity index is 2.66. The van der Waals surface area contributed by atoms with Gasteiger partial charge in [-0.1, -0.05) is 51.1 Å². The molecule has 0 radical (unpaired) electrons. The summed E-state index contributed by atoms with van der Waals surface area (Å²) in [6.07, 6.45) is 0.881. The molecule has 2 N–H and O–H groups in total. The molecule has 26 heavy (non-hydrogen) atoms. The molecule has 0 aromatic heterocycles. The van der Waals surface area contributed by atoms with Gasteiger partial charge >= 0.3 is 0 Å². The van der Waals surface area contributed by atoms with Gasteiger partial charge in [0.2, 0.25) is 11.8 Å². The van der Waals surface area contributed by atoms with Crippen LogP contribution in [0.4, 0.5) is 0 Å². The quantitative estimate of drug-likeness (QED) is 0.710. The van der Waals surface area contributed by atoms with Crippen LogP contribution in [0.1, 0.15) is 59.6 Å². The van der Waals surface area contributed by atoms with Crippen LogP contribution in [0, 0.1) is 5.92 Å². The Morgan fingerprint density at radius 2 is 1.62 bits per heavy atom. The van der Waals surface area contributed by atoms with Crippen molar-refractivity contribution < 1.29 is 9.59 Å². The second kappa shape index (κ2) is 10.3. The van der Waals surface area contributed by atoms with Crippen molar-refractivity contribution in [3.05, 3.63) is 35.9 Å². The Hall–Kier alpha value is -1.88. The molecule has 0 heterocycles. The largest absolute Gasteiger partial charge is 0.350 e. The van der Waals surface area contributed by atoms with Crippen molar-refractivity contribution in [3.8, 4) is 0 Å². The van der Waals surface area contributed by atoms with Gasteiger partial charge in [0.25, 0.3) is 0 Å². The first-order valence-electron chi connectivity index (χ1n) is 9.48. The molecule has 1 aromatic rings. The van der Waals surface area contributed by atoms with Gasteiger partial charge in [0.15, 0.2) is 0 Å². The molecule has 0 saturated heterocycles. The zero-order valence-electron chi connectivity index (χ0n) is 17.1. The van der Waals surface area contributed by atoms with Crippen LogP contribution in [0.2, 0.25) is 0 Å². The van der Waals surface area contributed by atoms with E-state index in [2.05, 4.69) is 24.5 Å². The Morgan fingerprint density at radius 1 is 1.04 bits per heavy atom. The zero-order chi connectivity index (χ0) is 19.7. The molecule has 1 atom stereocenters. The maximum absolute atomic E-state index is 12.6. The maximum Gasteiger partial charge on any atom is 0.234 e. The summed E-state index contributed by atoms with van der Waals surface area (Å²) in [6.45, 7) is 13.2. The molecule has 5 nitrogen and oxygen atoms in total. The second-order valence-electron chi connectivity index (χ2n) is 8.26. The standard InChI is InChI=1S/C21H35N3O2/c1-7-24(15-20(26)23-21(4,5)6)14-19(25)22-18(13-16(2)3)17-11-9-8-10-12-17/h8-12,16,18H,7,13-15H2,1-6H3,(H,22,25)(H,23,26)/t18-/m0/s1. The molecule has 2 amide bonds. The molecule has 1 rings (SSSR count). The number of nitrogens with zero attached hydrogens (tertiary/aromatic N) is 1. The molecule has 0 unspecified atom stereocenters. The van der Waals surface area contributed by atoms with Crippen molar-refractivity contribution in [2.45, 2.75) is 59.5 Å². The number of hydrogen-bond donors (Lipinski definition) is 2. The lowest BCUT2D eigenvalue weighted by atomic mass is 9.97. The monoisotopic (exact) mass is 361 g/mol. The molecule has 0 aliphatic rings. The first-order valence-corrected chi connectivity index (χ1v) is 9.48. The van der Waals surface area contributed by atoms with E-state index in [0.29, 0.717) is 12.5 Å². The van der Waals surface area contributed by atoms with Gasteiger partial charge in [-0.3, -0.25) is 14.5 Å². The SMILES string of the molecule is CCN(CC(=O)N[C@@H](CC(C)C)c1ccccc1)CC(=O)NC(C)(C)C. The van der Waals surface area contributed by atoms with Crippen LogP contribution in [0.25, 0.3) is 0 Å². The third kappa shape index (κ3) is 8.99. The van der Waals surface area contributed by atoms with E-state index in [4.69, 9.17) is 0 Å². The highest BCUT2D eigenvalue weighted by molar-refractivity contribution is 5.81. The van der Waals surface area contributed by atoms with E-state index in [9.17, 15) is 9.59 Å². The molecule has 5 heteroatoms. The van der Waals surface area contributed by atoms with E-state index in [1.54, 1.807) is 0 Å². The number of likely N-dealkylation sites (N-methyl/N-ethyl adjacent to an activating group) is 1. The van der Waals surface area contributed by atoms with E-state index < -0.39 is 0 Å². The Labute approximate surface area is 158 Å². The smallest absolute Gasteiger partial charge is 0.234 e. The van der Waals surface area contributed by atoms with E-state index >= 15 is 0 Å². The average Bonchev–Trinajstić information content (AvgIpc) is 2.52.